The summed E-state index contributed by atoms with van der Waals surface area (Å²) in [6.45, 7) is 7.32. The van der Waals surface area contributed by atoms with Crippen molar-refractivity contribution in [3.05, 3.63) is 29.3 Å². The predicted octanol–water partition coefficient (Wildman–Crippen LogP) is 2.66. The standard InChI is InChI=1S/C17H25NO2/c1-6-17(2,3)18(4)13-15-12-16(20-5)10-9-14(15)8-7-11-19/h9-10,12,19H,6,11,13H2,1-5H3. The van der Waals surface area contributed by atoms with E-state index in [4.69, 9.17) is 9.84 Å². The Labute approximate surface area is 122 Å². The summed E-state index contributed by atoms with van der Waals surface area (Å²) in [6.07, 6.45) is 1.07. The number of methoxy groups -OCH3 is 1. The topological polar surface area (TPSA) is 32.7 Å². The fourth-order valence-corrected chi connectivity index (χ4v) is 1.82. The van der Waals surface area contributed by atoms with Crippen LogP contribution in [0.25, 0.3) is 0 Å². The summed E-state index contributed by atoms with van der Waals surface area (Å²) < 4.78 is 5.29. The summed E-state index contributed by atoms with van der Waals surface area (Å²) in [6, 6.07) is 5.86. The first-order valence-electron chi connectivity index (χ1n) is 6.92. The first kappa shape index (κ1) is 16.6. The van der Waals surface area contributed by atoms with Crippen LogP contribution in [0.5, 0.6) is 5.75 Å². The summed E-state index contributed by atoms with van der Waals surface area (Å²) in [4.78, 5) is 2.31. The van der Waals surface area contributed by atoms with Crippen molar-refractivity contribution in [3.63, 3.8) is 0 Å². The van der Waals surface area contributed by atoms with Crippen molar-refractivity contribution < 1.29 is 9.84 Å². The van der Waals surface area contributed by atoms with Crippen LogP contribution in [0.15, 0.2) is 18.2 Å². The van der Waals surface area contributed by atoms with Gasteiger partial charge in [-0.25, -0.2) is 0 Å². The Morgan fingerprint density at radius 3 is 2.60 bits per heavy atom. The third-order valence-corrected chi connectivity index (χ3v) is 3.92. The van der Waals surface area contributed by atoms with Crippen molar-refractivity contribution in [1.82, 2.24) is 4.90 Å². The monoisotopic (exact) mass is 275 g/mol. The molecule has 0 unspecified atom stereocenters. The van der Waals surface area contributed by atoms with Crippen molar-refractivity contribution in [3.8, 4) is 17.6 Å². The van der Waals surface area contributed by atoms with Gasteiger partial charge >= 0.3 is 0 Å². The molecule has 0 aromatic heterocycles. The highest BCUT2D eigenvalue weighted by atomic mass is 16.5. The third-order valence-electron chi connectivity index (χ3n) is 3.92. The molecule has 20 heavy (non-hydrogen) atoms. The second-order valence-electron chi connectivity index (χ2n) is 5.51. The molecule has 3 heteroatoms. The summed E-state index contributed by atoms with van der Waals surface area (Å²) >= 11 is 0. The van der Waals surface area contributed by atoms with Gasteiger partial charge in [-0.1, -0.05) is 18.8 Å². The molecule has 0 aliphatic rings. The smallest absolute Gasteiger partial charge is 0.119 e. The van der Waals surface area contributed by atoms with E-state index in [1.165, 1.54) is 0 Å². The number of benzene rings is 1. The Hall–Kier alpha value is -1.50. The van der Waals surface area contributed by atoms with Gasteiger partial charge in [0.25, 0.3) is 0 Å². The highest BCUT2D eigenvalue weighted by molar-refractivity contribution is 5.45. The van der Waals surface area contributed by atoms with Crippen LogP contribution in [-0.2, 0) is 6.54 Å². The summed E-state index contributed by atoms with van der Waals surface area (Å²) in [7, 11) is 3.78. The van der Waals surface area contributed by atoms with Crippen molar-refractivity contribution in [1.29, 1.82) is 0 Å². The van der Waals surface area contributed by atoms with Crippen LogP contribution in [0, 0.1) is 11.8 Å². The van der Waals surface area contributed by atoms with Crippen molar-refractivity contribution in [2.24, 2.45) is 0 Å². The molecule has 1 aromatic rings. The summed E-state index contributed by atoms with van der Waals surface area (Å²) in [5.74, 6) is 6.55. The predicted molar refractivity (Wildman–Crippen MR) is 82.8 cm³/mol. The van der Waals surface area contributed by atoms with Gasteiger partial charge in [0, 0.05) is 17.6 Å². The van der Waals surface area contributed by atoms with Gasteiger partial charge in [-0.3, -0.25) is 4.90 Å². The first-order chi connectivity index (χ1) is 9.44. The molecule has 1 rings (SSSR count). The molecule has 0 fully saturated rings. The Kier molecular flexibility index (Phi) is 6.06. The summed E-state index contributed by atoms with van der Waals surface area (Å²) in [5.41, 5.74) is 2.19. The number of nitrogens with zero attached hydrogens (tertiary/aromatic N) is 1. The maximum Gasteiger partial charge on any atom is 0.119 e. The van der Waals surface area contributed by atoms with Crippen LogP contribution >= 0.6 is 0 Å². The second kappa shape index (κ2) is 7.33. The van der Waals surface area contributed by atoms with E-state index in [0.717, 1.165) is 29.8 Å². The van der Waals surface area contributed by atoms with Crippen molar-refractivity contribution in [2.75, 3.05) is 20.8 Å². The van der Waals surface area contributed by atoms with E-state index in [0.29, 0.717) is 0 Å². The molecule has 0 spiro atoms. The Balaban J connectivity index is 3.07. The molecular weight excluding hydrogens is 250 g/mol. The number of rotatable bonds is 5. The lowest BCUT2D eigenvalue weighted by Gasteiger charge is -2.35. The van der Waals surface area contributed by atoms with Gasteiger partial charge in [0.05, 0.1) is 7.11 Å². The van der Waals surface area contributed by atoms with E-state index in [1.54, 1.807) is 7.11 Å². The van der Waals surface area contributed by atoms with Gasteiger partial charge in [-0.05, 0) is 51.1 Å². The van der Waals surface area contributed by atoms with E-state index in [2.05, 4.69) is 44.6 Å². The molecule has 0 aliphatic heterocycles. The Morgan fingerprint density at radius 1 is 1.35 bits per heavy atom. The lowest BCUT2D eigenvalue weighted by atomic mass is 9.98. The number of aliphatic hydroxyl groups excluding tert-OH is 1. The van der Waals surface area contributed by atoms with Gasteiger partial charge < -0.3 is 9.84 Å². The molecular formula is C17H25NO2. The molecule has 1 N–H and O–H groups in total. The average Bonchev–Trinajstić information content (AvgIpc) is 2.45. The van der Waals surface area contributed by atoms with Gasteiger partial charge in [0.1, 0.15) is 12.4 Å². The second-order valence-corrected chi connectivity index (χ2v) is 5.51. The molecule has 1 aromatic carbocycles. The minimum absolute atomic E-state index is 0.123. The van der Waals surface area contributed by atoms with E-state index in [-0.39, 0.29) is 12.1 Å². The SMILES string of the molecule is CCC(C)(C)N(C)Cc1cc(OC)ccc1C#CCO. The van der Waals surface area contributed by atoms with Crippen LogP contribution in [0.4, 0.5) is 0 Å². The van der Waals surface area contributed by atoms with E-state index < -0.39 is 0 Å². The molecule has 110 valence electrons. The van der Waals surface area contributed by atoms with Crippen LogP contribution < -0.4 is 4.74 Å². The van der Waals surface area contributed by atoms with E-state index in [9.17, 15) is 0 Å². The number of hydrogen-bond acceptors (Lipinski definition) is 3. The largest absolute Gasteiger partial charge is 0.497 e. The minimum Gasteiger partial charge on any atom is -0.497 e. The van der Waals surface area contributed by atoms with Crippen LogP contribution in [0.2, 0.25) is 0 Å². The molecule has 0 heterocycles. The minimum atomic E-state index is -0.123. The average molecular weight is 275 g/mol. The highest BCUT2D eigenvalue weighted by Gasteiger charge is 2.21. The van der Waals surface area contributed by atoms with Crippen LogP contribution in [0.1, 0.15) is 38.3 Å². The van der Waals surface area contributed by atoms with Crippen LogP contribution in [0.3, 0.4) is 0 Å². The number of hydrogen-bond donors (Lipinski definition) is 1. The lowest BCUT2D eigenvalue weighted by molar-refractivity contribution is 0.143. The van der Waals surface area contributed by atoms with E-state index >= 15 is 0 Å². The van der Waals surface area contributed by atoms with Crippen molar-refractivity contribution in [2.45, 2.75) is 39.3 Å². The van der Waals surface area contributed by atoms with Crippen molar-refractivity contribution >= 4 is 0 Å². The quantitative estimate of drug-likeness (QED) is 0.839. The maximum absolute atomic E-state index is 8.86. The number of aliphatic hydroxyl groups is 1. The first-order valence-corrected chi connectivity index (χ1v) is 6.92. The normalized spacial score (nSPS) is 11.2. The third kappa shape index (κ3) is 4.26. The lowest BCUT2D eigenvalue weighted by Crippen LogP contribution is -2.39. The molecule has 0 saturated heterocycles. The molecule has 3 nitrogen and oxygen atoms in total. The zero-order valence-electron chi connectivity index (χ0n) is 13.2. The molecule has 0 radical (unpaired) electrons. The van der Waals surface area contributed by atoms with Gasteiger partial charge in [-0.15, -0.1) is 0 Å². The molecule has 0 atom stereocenters. The van der Waals surface area contributed by atoms with Crippen LogP contribution in [-0.4, -0.2) is 36.3 Å². The van der Waals surface area contributed by atoms with Gasteiger partial charge in [0.2, 0.25) is 0 Å². The maximum atomic E-state index is 8.86. The van der Waals surface area contributed by atoms with Gasteiger partial charge in [0.15, 0.2) is 0 Å². The fourth-order valence-electron chi connectivity index (χ4n) is 1.82. The molecule has 0 bridgehead atoms. The Morgan fingerprint density at radius 2 is 2.05 bits per heavy atom. The zero-order chi connectivity index (χ0) is 15.2. The number of ether oxygens (including phenoxy) is 1. The van der Waals surface area contributed by atoms with Gasteiger partial charge in [-0.2, -0.15) is 0 Å². The summed E-state index contributed by atoms with van der Waals surface area (Å²) in [5, 5.41) is 8.86. The highest BCUT2D eigenvalue weighted by Crippen LogP contribution is 2.23. The molecule has 0 aliphatic carbocycles. The fraction of sp³-hybridized carbons (Fsp3) is 0.529. The molecule has 0 amide bonds. The van der Waals surface area contributed by atoms with E-state index in [1.807, 2.05) is 18.2 Å². The Bertz CT molecular complexity index is 497. The zero-order valence-corrected chi connectivity index (χ0v) is 13.2. The molecule has 0 saturated carbocycles.